The fraction of sp³-hybridized carbons (Fsp3) is 0.250. The summed E-state index contributed by atoms with van der Waals surface area (Å²) in [6.07, 6.45) is 0.250. The third-order valence-corrected chi connectivity index (χ3v) is 3.17. The van der Waals surface area contributed by atoms with E-state index in [0.717, 1.165) is 0 Å². The van der Waals surface area contributed by atoms with Crippen LogP contribution in [-0.2, 0) is 17.0 Å². The van der Waals surface area contributed by atoms with Gasteiger partial charge in [-0.1, -0.05) is 23.4 Å². The Morgan fingerprint density at radius 1 is 1.42 bits per heavy atom. The number of carbonyl (C=O) groups is 1. The Morgan fingerprint density at radius 3 is 2.95 bits per heavy atom. The summed E-state index contributed by atoms with van der Waals surface area (Å²) >= 11 is 1.17. The van der Waals surface area contributed by atoms with E-state index in [1.54, 1.807) is 18.2 Å². The molecule has 0 aliphatic rings. The van der Waals surface area contributed by atoms with Crippen LogP contribution in [0.3, 0.4) is 0 Å². The molecule has 2 rings (SSSR count). The molecular formula is C12H11FN2O3S. The van der Waals surface area contributed by atoms with Gasteiger partial charge in [0.05, 0.1) is 11.5 Å². The molecule has 1 N–H and O–H groups in total. The fourth-order valence-corrected chi connectivity index (χ4v) is 2.03. The molecule has 7 heteroatoms. The molecule has 5 nitrogen and oxygen atoms in total. The Balaban J connectivity index is 1.94. The third-order valence-electron chi connectivity index (χ3n) is 2.27. The monoisotopic (exact) mass is 282 g/mol. The molecule has 0 bridgehead atoms. The van der Waals surface area contributed by atoms with E-state index in [4.69, 9.17) is 9.63 Å². The highest BCUT2D eigenvalue weighted by molar-refractivity contribution is 7.99. The zero-order valence-electron chi connectivity index (χ0n) is 9.88. The molecule has 1 aromatic carbocycles. The predicted octanol–water partition coefficient (Wildman–Crippen LogP) is 2.12. The lowest BCUT2D eigenvalue weighted by atomic mass is 10.1. The molecule has 0 saturated carbocycles. The van der Waals surface area contributed by atoms with Gasteiger partial charge in [0.15, 0.2) is 5.82 Å². The zero-order chi connectivity index (χ0) is 13.7. The van der Waals surface area contributed by atoms with Crippen LogP contribution in [0.2, 0.25) is 0 Å². The van der Waals surface area contributed by atoms with Gasteiger partial charge < -0.3 is 9.63 Å². The number of thioether (sulfide) groups is 1. The maximum Gasteiger partial charge on any atom is 0.313 e. The highest BCUT2D eigenvalue weighted by Crippen LogP contribution is 2.13. The van der Waals surface area contributed by atoms with E-state index in [9.17, 15) is 9.18 Å². The van der Waals surface area contributed by atoms with E-state index in [-0.39, 0.29) is 18.0 Å². The maximum atomic E-state index is 13.4. The molecule has 0 radical (unpaired) electrons. The summed E-state index contributed by atoms with van der Waals surface area (Å²) in [5.41, 5.74) is 0.494. The van der Waals surface area contributed by atoms with Gasteiger partial charge in [0.2, 0.25) is 5.89 Å². The summed E-state index contributed by atoms with van der Waals surface area (Å²) in [6, 6.07) is 6.38. The van der Waals surface area contributed by atoms with Crippen molar-refractivity contribution in [2.75, 3.05) is 5.75 Å². The number of aliphatic carboxylic acids is 1. The van der Waals surface area contributed by atoms with Crippen LogP contribution in [0.5, 0.6) is 0 Å². The number of carboxylic acid groups (broad SMARTS) is 1. The summed E-state index contributed by atoms with van der Waals surface area (Å²) in [4.78, 5) is 14.4. The van der Waals surface area contributed by atoms with Crippen molar-refractivity contribution >= 4 is 17.7 Å². The standard InChI is InChI=1S/C12H11FN2O3S/c13-9-4-2-1-3-8(9)5-10-14-11(18-15-10)6-19-7-12(16)17/h1-4H,5-7H2,(H,16,17). The quantitative estimate of drug-likeness (QED) is 0.874. The van der Waals surface area contributed by atoms with E-state index < -0.39 is 5.97 Å². The first kappa shape index (κ1) is 13.5. The first-order chi connectivity index (χ1) is 9.15. The van der Waals surface area contributed by atoms with Gasteiger partial charge in [0.25, 0.3) is 0 Å². The molecule has 0 amide bonds. The number of halogens is 1. The summed E-state index contributed by atoms with van der Waals surface area (Å²) < 4.78 is 18.4. The van der Waals surface area contributed by atoms with Crippen molar-refractivity contribution in [2.24, 2.45) is 0 Å². The summed E-state index contributed by atoms with van der Waals surface area (Å²) in [5, 5.41) is 12.2. The van der Waals surface area contributed by atoms with E-state index in [1.165, 1.54) is 17.8 Å². The third kappa shape index (κ3) is 4.06. The Morgan fingerprint density at radius 2 is 2.21 bits per heavy atom. The largest absolute Gasteiger partial charge is 0.481 e. The zero-order valence-corrected chi connectivity index (χ0v) is 10.7. The van der Waals surface area contributed by atoms with Gasteiger partial charge in [-0.2, -0.15) is 4.98 Å². The SMILES string of the molecule is O=C(O)CSCc1nc(Cc2ccccc2F)no1. The predicted molar refractivity (Wildman–Crippen MR) is 67.3 cm³/mol. The van der Waals surface area contributed by atoms with Crippen LogP contribution in [0.4, 0.5) is 4.39 Å². The van der Waals surface area contributed by atoms with Gasteiger partial charge >= 0.3 is 5.97 Å². The molecule has 2 aromatic rings. The normalized spacial score (nSPS) is 10.6. The Kier molecular flexibility index (Phi) is 4.51. The molecule has 0 fully saturated rings. The smallest absolute Gasteiger partial charge is 0.313 e. The van der Waals surface area contributed by atoms with Gasteiger partial charge in [-0.25, -0.2) is 4.39 Å². The van der Waals surface area contributed by atoms with E-state index in [1.807, 2.05) is 0 Å². The van der Waals surface area contributed by atoms with Crippen molar-refractivity contribution < 1.29 is 18.8 Å². The maximum absolute atomic E-state index is 13.4. The lowest BCUT2D eigenvalue weighted by Crippen LogP contribution is -1.98. The molecule has 1 heterocycles. The average molecular weight is 282 g/mol. The van der Waals surface area contributed by atoms with Crippen LogP contribution in [0.1, 0.15) is 17.3 Å². The summed E-state index contributed by atoms with van der Waals surface area (Å²) in [7, 11) is 0. The first-order valence-corrected chi connectivity index (χ1v) is 6.65. The minimum absolute atomic E-state index is 0.0228. The van der Waals surface area contributed by atoms with Crippen molar-refractivity contribution in [1.29, 1.82) is 0 Å². The van der Waals surface area contributed by atoms with Crippen molar-refractivity contribution in [3.63, 3.8) is 0 Å². The molecule has 0 aliphatic carbocycles. The summed E-state index contributed by atoms with van der Waals surface area (Å²) in [6.45, 7) is 0. The van der Waals surface area contributed by atoms with Gasteiger partial charge in [-0.05, 0) is 11.6 Å². The van der Waals surface area contributed by atoms with Gasteiger partial charge in [-0.15, -0.1) is 11.8 Å². The highest BCUT2D eigenvalue weighted by Gasteiger charge is 2.10. The number of nitrogens with zero attached hydrogens (tertiary/aromatic N) is 2. The van der Waals surface area contributed by atoms with E-state index >= 15 is 0 Å². The molecular weight excluding hydrogens is 271 g/mol. The van der Waals surface area contributed by atoms with Crippen LogP contribution in [-0.4, -0.2) is 27.0 Å². The Labute approximate surface area is 112 Å². The molecule has 0 spiro atoms. The van der Waals surface area contributed by atoms with Gasteiger partial charge in [0.1, 0.15) is 5.82 Å². The molecule has 100 valence electrons. The highest BCUT2D eigenvalue weighted by atomic mass is 32.2. The minimum atomic E-state index is -0.893. The van der Waals surface area contributed by atoms with Crippen molar-refractivity contribution in [1.82, 2.24) is 10.1 Å². The first-order valence-electron chi connectivity index (χ1n) is 5.49. The van der Waals surface area contributed by atoms with Crippen molar-refractivity contribution in [2.45, 2.75) is 12.2 Å². The fourth-order valence-electron chi connectivity index (χ4n) is 1.46. The van der Waals surface area contributed by atoms with Crippen molar-refractivity contribution in [3.05, 3.63) is 47.4 Å². The van der Waals surface area contributed by atoms with Crippen LogP contribution < -0.4 is 0 Å². The number of benzene rings is 1. The molecule has 0 atom stereocenters. The van der Waals surface area contributed by atoms with Gasteiger partial charge in [0, 0.05) is 6.42 Å². The number of carboxylic acids is 1. The second-order valence-corrected chi connectivity index (χ2v) is 4.74. The Bertz CT molecular complexity index is 574. The minimum Gasteiger partial charge on any atom is -0.481 e. The van der Waals surface area contributed by atoms with Gasteiger partial charge in [-0.3, -0.25) is 4.79 Å². The van der Waals surface area contributed by atoms with Crippen LogP contribution in [0.25, 0.3) is 0 Å². The summed E-state index contributed by atoms with van der Waals surface area (Å²) in [5.74, 6) is -0.166. The second-order valence-electron chi connectivity index (χ2n) is 3.76. The molecule has 0 unspecified atom stereocenters. The number of hydrogen-bond acceptors (Lipinski definition) is 5. The number of hydrogen-bond donors (Lipinski definition) is 1. The lowest BCUT2D eigenvalue weighted by Gasteiger charge is -1.97. The average Bonchev–Trinajstić information content (AvgIpc) is 2.79. The molecule has 0 aliphatic heterocycles. The molecule has 1 aromatic heterocycles. The molecule has 0 saturated heterocycles. The van der Waals surface area contributed by atoms with Crippen molar-refractivity contribution in [3.8, 4) is 0 Å². The van der Waals surface area contributed by atoms with E-state index in [0.29, 0.717) is 23.0 Å². The lowest BCUT2D eigenvalue weighted by molar-refractivity contribution is -0.133. The van der Waals surface area contributed by atoms with Crippen LogP contribution in [0.15, 0.2) is 28.8 Å². The van der Waals surface area contributed by atoms with Crippen LogP contribution in [0, 0.1) is 5.82 Å². The Hall–Kier alpha value is -1.89. The topological polar surface area (TPSA) is 76.2 Å². The van der Waals surface area contributed by atoms with Crippen LogP contribution >= 0.6 is 11.8 Å². The van der Waals surface area contributed by atoms with E-state index in [2.05, 4.69) is 10.1 Å². The second kappa shape index (κ2) is 6.33. The molecule has 19 heavy (non-hydrogen) atoms. The number of rotatable bonds is 6. The number of aromatic nitrogens is 2.